The molecule has 0 saturated heterocycles. The molecule has 2 heterocycles. The minimum Gasteiger partial charge on any atom is -0.321 e. The van der Waals surface area contributed by atoms with E-state index < -0.39 is 0 Å². The molecule has 0 aliphatic heterocycles. The van der Waals surface area contributed by atoms with Crippen LogP contribution in [0.3, 0.4) is 0 Å². The number of aryl methyl sites for hydroxylation is 3. The Kier molecular flexibility index (Phi) is 3.18. The maximum atomic E-state index is 11.9. The summed E-state index contributed by atoms with van der Waals surface area (Å²) in [6, 6.07) is 1.87. The first-order chi connectivity index (χ1) is 8.47. The summed E-state index contributed by atoms with van der Waals surface area (Å²) in [6.45, 7) is 5.90. The first-order valence-electron chi connectivity index (χ1n) is 5.77. The average molecular weight is 247 g/mol. The van der Waals surface area contributed by atoms with Gasteiger partial charge < -0.3 is 5.32 Å². The van der Waals surface area contributed by atoms with Crippen LogP contribution in [0, 0.1) is 20.8 Å². The van der Waals surface area contributed by atoms with Crippen molar-refractivity contribution in [3.63, 3.8) is 0 Å². The van der Waals surface area contributed by atoms with Crippen LogP contribution in [0.2, 0.25) is 0 Å². The van der Waals surface area contributed by atoms with Crippen LogP contribution in [-0.2, 0) is 18.4 Å². The van der Waals surface area contributed by atoms with Gasteiger partial charge in [0.25, 0.3) is 0 Å². The largest absolute Gasteiger partial charge is 0.321 e. The topological polar surface area (TPSA) is 64.7 Å². The molecule has 0 radical (unpaired) electrons. The molecule has 0 bridgehead atoms. The van der Waals surface area contributed by atoms with Gasteiger partial charge in [0.05, 0.1) is 22.8 Å². The van der Waals surface area contributed by atoms with Gasteiger partial charge in [-0.25, -0.2) is 0 Å². The van der Waals surface area contributed by atoms with Gasteiger partial charge >= 0.3 is 0 Å². The summed E-state index contributed by atoms with van der Waals surface area (Å²) >= 11 is 0. The highest BCUT2D eigenvalue weighted by atomic mass is 16.2. The smallest absolute Gasteiger partial charge is 0.246 e. The Labute approximate surface area is 106 Å². The Morgan fingerprint density at radius 1 is 1.33 bits per heavy atom. The standard InChI is InChI=1S/C12H17N5O/c1-8-5-6-17(14-8)7-11(18)13-12-9(2)15-16(4)10(12)3/h5-6H,7H2,1-4H3,(H,13,18). The van der Waals surface area contributed by atoms with Crippen LogP contribution in [0.25, 0.3) is 0 Å². The fraction of sp³-hybridized carbons (Fsp3) is 0.417. The maximum absolute atomic E-state index is 11.9. The lowest BCUT2D eigenvalue weighted by atomic mass is 10.3. The van der Waals surface area contributed by atoms with E-state index in [0.29, 0.717) is 0 Å². The Morgan fingerprint density at radius 3 is 2.56 bits per heavy atom. The van der Waals surface area contributed by atoms with Crippen molar-refractivity contribution < 1.29 is 4.79 Å². The summed E-state index contributed by atoms with van der Waals surface area (Å²) in [5.41, 5.74) is 3.44. The summed E-state index contributed by atoms with van der Waals surface area (Å²) in [7, 11) is 1.86. The average Bonchev–Trinajstić information content (AvgIpc) is 2.78. The van der Waals surface area contributed by atoms with Gasteiger partial charge in [0.2, 0.25) is 5.91 Å². The SMILES string of the molecule is Cc1ccn(CC(=O)Nc2c(C)nn(C)c2C)n1. The third kappa shape index (κ3) is 2.42. The molecule has 18 heavy (non-hydrogen) atoms. The molecular formula is C12H17N5O. The van der Waals surface area contributed by atoms with E-state index in [1.807, 2.05) is 33.9 Å². The van der Waals surface area contributed by atoms with Gasteiger partial charge in [-0.05, 0) is 26.8 Å². The van der Waals surface area contributed by atoms with E-state index in [0.717, 1.165) is 22.8 Å². The molecule has 0 aliphatic rings. The van der Waals surface area contributed by atoms with Crippen molar-refractivity contribution in [1.82, 2.24) is 19.6 Å². The number of nitrogens with one attached hydrogen (secondary N) is 1. The first kappa shape index (κ1) is 12.3. The normalized spacial score (nSPS) is 10.7. The maximum Gasteiger partial charge on any atom is 0.246 e. The van der Waals surface area contributed by atoms with Crippen LogP contribution in [-0.4, -0.2) is 25.5 Å². The lowest BCUT2D eigenvalue weighted by Crippen LogP contribution is -2.19. The molecule has 96 valence electrons. The highest BCUT2D eigenvalue weighted by Gasteiger charge is 2.12. The third-order valence-corrected chi connectivity index (χ3v) is 2.85. The number of nitrogens with zero attached hydrogens (tertiary/aromatic N) is 4. The molecule has 0 saturated carbocycles. The Balaban J connectivity index is 2.07. The highest BCUT2D eigenvalue weighted by molar-refractivity contribution is 5.91. The summed E-state index contributed by atoms with van der Waals surface area (Å²) in [6.07, 6.45) is 1.79. The second kappa shape index (κ2) is 4.64. The summed E-state index contributed by atoms with van der Waals surface area (Å²) < 4.78 is 3.37. The van der Waals surface area contributed by atoms with E-state index in [-0.39, 0.29) is 12.5 Å². The molecule has 2 aromatic rings. The molecule has 6 nitrogen and oxygen atoms in total. The molecule has 0 aromatic carbocycles. The fourth-order valence-electron chi connectivity index (χ4n) is 1.83. The number of carbonyl (C=O) groups is 1. The van der Waals surface area contributed by atoms with Gasteiger partial charge in [-0.1, -0.05) is 0 Å². The number of carbonyl (C=O) groups excluding carboxylic acids is 1. The Hall–Kier alpha value is -2.11. The van der Waals surface area contributed by atoms with Crippen LogP contribution in [0.1, 0.15) is 17.1 Å². The van der Waals surface area contributed by atoms with Crippen molar-refractivity contribution in [1.29, 1.82) is 0 Å². The van der Waals surface area contributed by atoms with Crippen molar-refractivity contribution in [2.75, 3.05) is 5.32 Å². The molecule has 2 aromatic heterocycles. The number of hydrogen-bond acceptors (Lipinski definition) is 3. The number of aromatic nitrogens is 4. The molecule has 0 unspecified atom stereocenters. The molecule has 0 aliphatic carbocycles. The molecular weight excluding hydrogens is 230 g/mol. The van der Waals surface area contributed by atoms with E-state index in [2.05, 4.69) is 15.5 Å². The van der Waals surface area contributed by atoms with Gasteiger partial charge in [0.1, 0.15) is 6.54 Å². The first-order valence-corrected chi connectivity index (χ1v) is 5.77. The molecule has 1 N–H and O–H groups in total. The van der Waals surface area contributed by atoms with Crippen LogP contribution in [0.5, 0.6) is 0 Å². The fourth-order valence-corrected chi connectivity index (χ4v) is 1.83. The van der Waals surface area contributed by atoms with Crippen molar-refractivity contribution in [3.05, 3.63) is 29.3 Å². The highest BCUT2D eigenvalue weighted by Crippen LogP contribution is 2.18. The van der Waals surface area contributed by atoms with Crippen LogP contribution < -0.4 is 5.32 Å². The Bertz CT molecular complexity index is 581. The molecule has 1 amide bonds. The predicted molar refractivity (Wildman–Crippen MR) is 68.3 cm³/mol. The summed E-state index contributed by atoms with van der Waals surface area (Å²) in [5, 5.41) is 11.3. The minimum absolute atomic E-state index is 0.0997. The van der Waals surface area contributed by atoms with Crippen LogP contribution in [0.4, 0.5) is 5.69 Å². The number of anilines is 1. The van der Waals surface area contributed by atoms with E-state index in [1.54, 1.807) is 15.6 Å². The van der Waals surface area contributed by atoms with Crippen molar-refractivity contribution >= 4 is 11.6 Å². The van der Waals surface area contributed by atoms with Gasteiger partial charge in [0.15, 0.2) is 0 Å². The van der Waals surface area contributed by atoms with Crippen LogP contribution in [0.15, 0.2) is 12.3 Å². The van der Waals surface area contributed by atoms with Gasteiger partial charge in [-0.15, -0.1) is 0 Å². The zero-order valence-electron chi connectivity index (χ0n) is 11.1. The summed E-state index contributed by atoms with van der Waals surface area (Å²) in [5.74, 6) is -0.0997. The lowest BCUT2D eigenvalue weighted by Gasteiger charge is -2.05. The lowest BCUT2D eigenvalue weighted by molar-refractivity contribution is -0.116. The molecule has 6 heteroatoms. The molecule has 0 atom stereocenters. The van der Waals surface area contributed by atoms with Gasteiger partial charge in [-0.2, -0.15) is 10.2 Å². The van der Waals surface area contributed by atoms with E-state index >= 15 is 0 Å². The van der Waals surface area contributed by atoms with Gasteiger partial charge in [0, 0.05) is 13.2 Å². The second-order valence-corrected chi connectivity index (χ2v) is 4.37. The number of hydrogen-bond donors (Lipinski definition) is 1. The minimum atomic E-state index is -0.0997. The number of rotatable bonds is 3. The van der Waals surface area contributed by atoms with E-state index in [4.69, 9.17) is 0 Å². The van der Waals surface area contributed by atoms with Crippen LogP contribution >= 0.6 is 0 Å². The molecule has 2 rings (SSSR count). The zero-order valence-corrected chi connectivity index (χ0v) is 11.1. The Morgan fingerprint density at radius 2 is 2.06 bits per heavy atom. The van der Waals surface area contributed by atoms with Crippen molar-refractivity contribution in [2.45, 2.75) is 27.3 Å². The predicted octanol–water partition coefficient (Wildman–Crippen LogP) is 1.18. The molecule has 0 fully saturated rings. The number of amides is 1. The monoisotopic (exact) mass is 247 g/mol. The van der Waals surface area contributed by atoms with Crippen molar-refractivity contribution in [3.8, 4) is 0 Å². The van der Waals surface area contributed by atoms with E-state index in [1.165, 1.54) is 0 Å². The second-order valence-electron chi connectivity index (χ2n) is 4.37. The van der Waals surface area contributed by atoms with E-state index in [9.17, 15) is 4.79 Å². The molecule has 0 spiro atoms. The zero-order chi connectivity index (χ0) is 13.3. The van der Waals surface area contributed by atoms with Gasteiger partial charge in [-0.3, -0.25) is 14.2 Å². The quantitative estimate of drug-likeness (QED) is 0.885. The van der Waals surface area contributed by atoms with Crippen molar-refractivity contribution in [2.24, 2.45) is 7.05 Å². The summed E-state index contributed by atoms with van der Waals surface area (Å²) in [4.78, 5) is 11.9. The third-order valence-electron chi connectivity index (χ3n) is 2.85.